The number of benzene rings is 1. The van der Waals surface area contributed by atoms with Crippen molar-refractivity contribution in [2.75, 3.05) is 11.1 Å². The molecular weight excluding hydrogens is 502 g/mol. The second-order valence-corrected chi connectivity index (χ2v) is 11.7. The molecule has 184 valence electrons. The number of H-pyrrole nitrogens is 1. The third kappa shape index (κ3) is 6.18. The zero-order chi connectivity index (χ0) is 25.0. The van der Waals surface area contributed by atoms with Crippen molar-refractivity contribution in [3.63, 3.8) is 0 Å². The maximum Gasteiger partial charge on any atom is 0.235 e. The summed E-state index contributed by atoms with van der Waals surface area (Å²) in [5.74, 6) is 1.79. The van der Waals surface area contributed by atoms with Crippen LogP contribution in [0.5, 0.6) is 5.75 Å². The Balaban J connectivity index is 1.32. The lowest BCUT2D eigenvalue weighted by atomic mass is 9.69. The number of hydrogen-bond acceptors (Lipinski definition) is 7. The Kier molecular flexibility index (Phi) is 8.05. The molecule has 2 aromatic heterocycles. The molecule has 4 rings (SSSR count). The minimum atomic E-state index is -0.181. The summed E-state index contributed by atoms with van der Waals surface area (Å²) in [6.07, 6.45) is 4.07. The van der Waals surface area contributed by atoms with Gasteiger partial charge in [-0.1, -0.05) is 50.6 Å². The van der Waals surface area contributed by atoms with Crippen LogP contribution >= 0.6 is 34.7 Å². The van der Waals surface area contributed by atoms with Crippen molar-refractivity contribution in [3.05, 3.63) is 51.1 Å². The molecule has 1 aliphatic rings. The monoisotopic (exact) mass is 529 g/mol. The van der Waals surface area contributed by atoms with Gasteiger partial charge in [-0.3, -0.25) is 9.89 Å². The predicted octanol–water partition coefficient (Wildman–Crippen LogP) is 6.24. The van der Waals surface area contributed by atoms with Gasteiger partial charge in [0.15, 0.2) is 5.82 Å². The number of thioether (sulfide) groups is 1. The molecule has 1 aliphatic carbocycles. The number of rotatable bonds is 9. The minimum absolute atomic E-state index is 0.147. The summed E-state index contributed by atoms with van der Waals surface area (Å²) < 4.78 is 5.66. The van der Waals surface area contributed by atoms with E-state index in [1.807, 2.05) is 0 Å². The molecule has 1 atom stereocenters. The molecule has 0 fully saturated rings. The van der Waals surface area contributed by atoms with E-state index in [4.69, 9.17) is 16.3 Å². The average Bonchev–Trinajstić information content (AvgIpc) is 3.45. The van der Waals surface area contributed by atoms with E-state index in [1.54, 1.807) is 35.6 Å². The first-order valence-electron chi connectivity index (χ1n) is 11.6. The van der Waals surface area contributed by atoms with E-state index in [-0.39, 0.29) is 23.7 Å². The maximum atomic E-state index is 12.6. The number of thiophene rings is 1. The predicted molar refractivity (Wildman–Crippen MR) is 140 cm³/mol. The highest BCUT2D eigenvalue weighted by Gasteiger charge is 2.34. The van der Waals surface area contributed by atoms with Gasteiger partial charge < -0.3 is 10.1 Å². The molecule has 0 radical (unpaired) electrons. The molecule has 0 bridgehead atoms. The zero-order valence-corrected chi connectivity index (χ0v) is 22.4. The quantitative estimate of drug-likeness (QED) is 0.318. The topological polar surface area (TPSA) is 104 Å². The smallest absolute Gasteiger partial charge is 0.235 e. The molecule has 35 heavy (non-hydrogen) atoms. The van der Waals surface area contributed by atoms with Gasteiger partial charge >= 0.3 is 0 Å². The summed E-state index contributed by atoms with van der Waals surface area (Å²) in [7, 11) is 0. The molecule has 0 saturated carbocycles. The highest BCUT2D eigenvalue weighted by Crippen LogP contribution is 2.45. The Labute approximate surface area is 218 Å². The minimum Gasteiger partial charge on any atom is -0.486 e. The highest BCUT2D eigenvalue weighted by atomic mass is 35.5. The van der Waals surface area contributed by atoms with Crippen molar-refractivity contribution in [2.24, 2.45) is 11.3 Å². The van der Waals surface area contributed by atoms with Crippen molar-refractivity contribution in [1.82, 2.24) is 15.2 Å². The number of halogens is 1. The van der Waals surface area contributed by atoms with Gasteiger partial charge in [0.2, 0.25) is 11.1 Å². The lowest BCUT2D eigenvalue weighted by Crippen LogP contribution is -2.28. The zero-order valence-electron chi connectivity index (χ0n) is 20.0. The van der Waals surface area contributed by atoms with Crippen molar-refractivity contribution in [2.45, 2.75) is 58.2 Å². The van der Waals surface area contributed by atoms with E-state index in [2.05, 4.69) is 47.3 Å². The molecule has 0 unspecified atom stereocenters. The fraction of sp³-hybridized carbons (Fsp3) is 0.440. The fourth-order valence-corrected chi connectivity index (χ4v) is 6.17. The maximum absolute atomic E-state index is 12.6. The summed E-state index contributed by atoms with van der Waals surface area (Å²) in [5, 5.41) is 21.4. The van der Waals surface area contributed by atoms with Crippen LogP contribution in [0.25, 0.3) is 0 Å². The molecule has 3 aromatic rings. The molecule has 2 heterocycles. The van der Waals surface area contributed by atoms with Crippen LogP contribution in [-0.2, 0) is 24.2 Å². The molecule has 1 aromatic carbocycles. The van der Waals surface area contributed by atoms with E-state index in [1.165, 1.54) is 16.6 Å². The highest BCUT2D eigenvalue weighted by molar-refractivity contribution is 7.99. The first kappa shape index (κ1) is 25.5. The molecular formula is C25H28ClN5O2S2. The second kappa shape index (κ2) is 11.0. The standard InChI is InChI=1S/C25H28ClN5O2S2/c1-4-25(2,3)15-5-10-18-19(12-27)23(35-20(18)11-15)29-22(32)14-34-24-28-21(30-31-24)13-33-17-8-6-16(26)7-9-17/h6-9,15H,4-5,10-11,13-14H2,1-3H3,(H,29,32)(H,28,30,31)/t15-/m0/s1. The number of amides is 1. The third-order valence-corrected chi connectivity index (χ3v) is 8.95. The van der Waals surface area contributed by atoms with Crippen molar-refractivity contribution in [1.29, 1.82) is 5.26 Å². The van der Waals surface area contributed by atoms with Gasteiger partial charge in [-0.25, -0.2) is 4.98 Å². The lowest BCUT2D eigenvalue weighted by Gasteiger charge is -2.36. The van der Waals surface area contributed by atoms with E-state index in [0.29, 0.717) is 38.2 Å². The molecule has 0 spiro atoms. The number of aromatic nitrogens is 3. The number of anilines is 1. The number of carbonyl (C=O) groups excluding carboxylic acids is 1. The molecule has 2 N–H and O–H groups in total. The van der Waals surface area contributed by atoms with Gasteiger partial charge in [-0.15, -0.1) is 16.4 Å². The van der Waals surface area contributed by atoms with Crippen LogP contribution in [-0.4, -0.2) is 26.8 Å². The Hall–Kier alpha value is -2.54. The number of nitriles is 1. The SMILES string of the molecule is CCC(C)(C)[C@H]1CCc2c(sc(NC(=O)CSc3n[nH]c(COc4ccc(Cl)cc4)n3)c2C#N)C1. The number of nitrogens with zero attached hydrogens (tertiary/aromatic N) is 3. The van der Waals surface area contributed by atoms with Gasteiger partial charge in [-0.2, -0.15) is 5.26 Å². The van der Waals surface area contributed by atoms with Crippen LogP contribution in [0.4, 0.5) is 5.00 Å². The van der Waals surface area contributed by atoms with Crippen LogP contribution in [0.2, 0.25) is 5.02 Å². The number of nitrogens with one attached hydrogen (secondary N) is 2. The van der Waals surface area contributed by atoms with E-state index >= 15 is 0 Å². The van der Waals surface area contributed by atoms with Crippen LogP contribution in [0.1, 0.15) is 55.4 Å². The molecule has 1 amide bonds. The van der Waals surface area contributed by atoms with Gasteiger partial charge in [0.1, 0.15) is 23.4 Å². The Morgan fingerprint density at radius 2 is 2.17 bits per heavy atom. The lowest BCUT2D eigenvalue weighted by molar-refractivity contribution is -0.113. The molecule has 7 nitrogen and oxygen atoms in total. The van der Waals surface area contributed by atoms with Crippen molar-refractivity contribution >= 4 is 45.6 Å². The average molecular weight is 530 g/mol. The summed E-state index contributed by atoms with van der Waals surface area (Å²) >= 11 is 8.66. The molecule has 10 heteroatoms. The largest absolute Gasteiger partial charge is 0.486 e. The van der Waals surface area contributed by atoms with Gasteiger partial charge in [-0.05, 0) is 60.4 Å². The summed E-state index contributed by atoms with van der Waals surface area (Å²) in [6, 6.07) is 9.39. The van der Waals surface area contributed by atoms with Gasteiger partial charge in [0.25, 0.3) is 0 Å². The van der Waals surface area contributed by atoms with E-state index in [0.717, 1.165) is 31.2 Å². The summed E-state index contributed by atoms with van der Waals surface area (Å²) in [4.78, 5) is 18.2. The van der Waals surface area contributed by atoms with Crippen molar-refractivity contribution < 1.29 is 9.53 Å². The molecule has 0 aliphatic heterocycles. The van der Waals surface area contributed by atoms with Crippen LogP contribution in [0.15, 0.2) is 29.4 Å². The second-order valence-electron chi connectivity index (χ2n) is 9.25. The first-order chi connectivity index (χ1) is 16.8. The normalized spacial score (nSPS) is 15.3. The summed E-state index contributed by atoms with van der Waals surface area (Å²) in [5.41, 5.74) is 2.00. The Bertz CT molecular complexity index is 1230. The number of ether oxygens (including phenoxy) is 1. The third-order valence-electron chi connectivity index (χ3n) is 6.68. The number of aromatic amines is 1. The van der Waals surface area contributed by atoms with E-state index in [9.17, 15) is 10.1 Å². The van der Waals surface area contributed by atoms with Gasteiger partial charge in [0, 0.05) is 9.90 Å². The summed E-state index contributed by atoms with van der Waals surface area (Å²) in [6.45, 7) is 7.10. The first-order valence-corrected chi connectivity index (χ1v) is 13.7. The van der Waals surface area contributed by atoms with Crippen molar-refractivity contribution in [3.8, 4) is 11.8 Å². The van der Waals surface area contributed by atoms with Crippen LogP contribution < -0.4 is 10.1 Å². The number of hydrogen-bond donors (Lipinski definition) is 2. The Morgan fingerprint density at radius 1 is 1.40 bits per heavy atom. The van der Waals surface area contributed by atoms with Crippen LogP contribution in [0, 0.1) is 22.7 Å². The van der Waals surface area contributed by atoms with Crippen LogP contribution in [0.3, 0.4) is 0 Å². The number of fused-ring (bicyclic) bond motifs is 1. The van der Waals surface area contributed by atoms with E-state index < -0.39 is 0 Å². The number of carbonyl (C=O) groups is 1. The van der Waals surface area contributed by atoms with Gasteiger partial charge in [0.05, 0.1) is 11.3 Å². The fourth-order valence-electron chi connectivity index (χ4n) is 4.13. The Morgan fingerprint density at radius 3 is 2.89 bits per heavy atom. The molecule has 0 saturated heterocycles.